The van der Waals surface area contributed by atoms with Gasteiger partial charge in [0.25, 0.3) is 0 Å². The van der Waals surface area contributed by atoms with E-state index in [4.69, 9.17) is 9.97 Å². The molecule has 4 rings (SSSR count). The maximum absolute atomic E-state index is 12.5. The zero-order valence-corrected chi connectivity index (χ0v) is 16.8. The van der Waals surface area contributed by atoms with Gasteiger partial charge in [-0.15, -0.1) is 0 Å². The Bertz CT molecular complexity index is 1320. The number of hydrogen-bond donors (Lipinski definition) is 1. The van der Waals surface area contributed by atoms with Crippen LogP contribution in [0.5, 0.6) is 0 Å². The van der Waals surface area contributed by atoms with Crippen molar-refractivity contribution in [2.75, 3.05) is 0 Å². The summed E-state index contributed by atoms with van der Waals surface area (Å²) in [4.78, 5) is 9.51. The quantitative estimate of drug-likeness (QED) is 0.476. The number of hydrogen-bond acceptors (Lipinski definition) is 4. The van der Waals surface area contributed by atoms with Gasteiger partial charge in [-0.05, 0) is 17.7 Å². The highest BCUT2D eigenvalue weighted by molar-refractivity contribution is 7.90. The molecular formula is C22H16F3N3O2S. The summed E-state index contributed by atoms with van der Waals surface area (Å²) in [7, 11) is -5.40. The Kier molecular flexibility index (Phi) is 5.47. The Hall–Kier alpha value is -3.30. The number of para-hydroxylation sites is 2. The van der Waals surface area contributed by atoms with E-state index in [9.17, 15) is 21.6 Å². The largest absolute Gasteiger partial charge is 0.511 e. The predicted molar refractivity (Wildman–Crippen MR) is 112 cm³/mol. The molecule has 0 fully saturated rings. The Morgan fingerprint density at radius 3 is 1.71 bits per heavy atom. The van der Waals surface area contributed by atoms with Gasteiger partial charge in [0.05, 0.1) is 22.4 Å². The number of rotatable bonds is 5. The summed E-state index contributed by atoms with van der Waals surface area (Å²) in [6, 6.07) is 23.5. The number of aromatic nitrogens is 2. The van der Waals surface area contributed by atoms with E-state index < -0.39 is 22.1 Å². The van der Waals surface area contributed by atoms with Crippen LogP contribution in [0.2, 0.25) is 0 Å². The number of benzene rings is 3. The number of sulfonamides is 1. The molecule has 0 saturated carbocycles. The van der Waals surface area contributed by atoms with Crippen LogP contribution in [0.3, 0.4) is 0 Å². The van der Waals surface area contributed by atoms with E-state index in [0.29, 0.717) is 28.0 Å². The topological polar surface area (TPSA) is 72.0 Å². The molecule has 1 N–H and O–H groups in total. The van der Waals surface area contributed by atoms with Crippen molar-refractivity contribution in [3.05, 3.63) is 84.4 Å². The second kappa shape index (κ2) is 8.09. The summed E-state index contributed by atoms with van der Waals surface area (Å²) in [6.07, 6.45) is 0. The fourth-order valence-electron chi connectivity index (χ4n) is 3.04. The molecule has 0 aliphatic rings. The predicted octanol–water partition coefficient (Wildman–Crippen LogP) is 4.90. The molecule has 0 unspecified atom stereocenters. The molecule has 1 heterocycles. The average molecular weight is 443 g/mol. The second-order valence-corrected chi connectivity index (χ2v) is 8.50. The van der Waals surface area contributed by atoms with Crippen LogP contribution in [0.15, 0.2) is 78.9 Å². The van der Waals surface area contributed by atoms with Crippen LogP contribution in [0.4, 0.5) is 13.2 Å². The zero-order chi connectivity index (χ0) is 22.1. The first-order chi connectivity index (χ1) is 14.7. The standard InChI is InChI=1S/C22H16F3N3O2S/c23-22(24,25)31(29,30)26-14-15-10-12-17(13-11-15)21-20(16-6-2-1-3-7-16)27-18-8-4-5-9-19(18)28-21/h1-13,26H,14H2. The molecule has 0 bridgehead atoms. The van der Waals surface area contributed by atoms with Gasteiger partial charge in [0.1, 0.15) is 0 Å². The molecular weight excluding hydrogens is 427 g/mol. The van der Waals surface area contributed by atoms with Crippen LogP contribution in [-0.2, 0) is 16.6 Å². The van der Waals surface area contributed by atoms with Crippen molar-refractivity contribution < 1.29 is 21.6 Å². The number of nitrogens with one attached hydrogen (secondary N) is 1. The van der Waals surface area contributed by atoms with E-state index in [0.717, 1.165) is 11.1 Å². The molecule has 0 spiro atoms. The highest BCUT2D eigenvalue weighted by atomic mass is 32.2. The lowest BCUT2D eigenvalue weighted by Crippen LogP contribution is -2.35. The Balaban J connectivity index is 1.70. The van der Waals surface area contributed by atoms with E-state index in [1.807, 2.05) is 54.6 Å². The van der Waals surface area contributed by atoms with Crippen LogP contribution >= 0.6 is 0 Å². The van der Waals surface area contributed by atoms with E-state index in [2.05, 4.69) is 0 Å². The summed E-state index contributed by atoms with van der Waals surface area (Å²) in [5, 5.41) is 0. The number of halogens is 3. The smallest absolute Gasteiger partial charge is 0.244 e. The van der Waals surface area contributed by atoms with Crippen molar-refractivity contribution in [3.8, 4) is 22.5 Å². The molecule has 0 atom stereocenters. The average Bonchev–Trinajstić information content (AvgIpc) is 2.77. The Morgan fingerprint density at radius 1 is 0.710 bits per heavy atom. The van der Waals surface area contributed by atoms with Gasteiger partial charge in [-0.2, -0.15) is 13.2 Å². The summed E-state index contributed by atoms with van der Waals surface area (Å²) in [6.45, 7) is -0.475. The van der Waals surface area contributed by atoms with Gasteiger partial charge in [0.2, 0.25) is 0 Å². The van der Waals surface area contributed by atoms with Crippen LogP contribution in [0.1, 0.15) is 5.56 Å². The van der Waals surface area contributed by atoms with E-state index in [-0.39, 0.29) is 0 Å². The molecule has 5 nitrogen and oxygen atoms in total. The number of fused-ring (bicyclic) bond motifs is 1. The summed E-state index contributed by atoms with van der Waals surface area (Å²) in [5.74, 6) is 0. The third-order valence-electron chi connectivity index (χ3n) is 4.62. The van der Waals surface area contributed by atoms with Crippen molar-refractivity contribution in [3.63, 3.8) is 0 Å². The van der Waals surface area contributed by atoms with Crippen LogP contribution < -0.4 is 4.72 Å². The number of nitrogens with zero attached hydrogens (tertiary/aromatic N) is 2. The fourth-order valence-corrected chi connectivity index (χ4v) is 3.56. The van der Waals surface area contributed by atoms with Crippen LogP contribution in [0.25, 0.3) is 33.5 Å². The van der Waals surface area contributed by atoms with E-state index in [1.165, 1.54) is 0 Å². The minimum Gasteiger partial charge on any atom is -0.244 e. The minimum absolute atomic E-state index is 0.381. The van der Waals surface area contributed by atoms with Crippen molar-refractivity contribution in [1.29, 1.82) is 0 Å². The molecule has 0 saturated heterocycles. The summed E-state index contributed by atoms with van der Waals surface area (Å²) >= 11 is 0. The first-order valence-electron chi connectivity index (χ1n) is 9.22. The fraction of sp³-hybridized carbons (Fsp3) is 0.0909. The molecule has 9 heteroatoms. The van der Waals surface area contributed by atoms with Gasteiger partial charge in [-0.25, -0.2) is 23.1 Å². The molecule has 0 amide bonds. The highest BCUT2D eigenvalue weighted by Crippen LogP contribution is 2.31. The molecule has 0 radical (unpaired) electrons. The zero-order valence-electron chi connectivity index (χ0n) is 16.0. The first-order valence-corrected chi connectivity index (χ1v) is 10.7. The van der Waals surface area contributed by atoms with Crippen LogP contribution in [0, 0.1) is 0 Å². The van der Waals surface area contributed by atoms with Crippen molar-refractivity contribution >= 4 is 21.1 Å². The van der Waals surface area contributed by atoms with Crippen molar-refractivity contribution in [2.24, 2.45) is 0 Å². The van der Waals surface area contributed by atoms with Gasteiger partial charge < -0.3 is 0 Å². The molecule has 1 aromatic heterocycles. The number of alkyl halides is 3. The molecule has 3 aromatic carbocycles. The van der Waals surface area contributed by atoms with Crippen LogP contribution in [-0.4, -0.2) is 23.9 Å². The lowest BCUT2D eigenvalue weighted by molar-refractivity contribution is -0.0448. The lowest BCUT2D eigenvalue weighted by Gasteiger charge is -2.12. The van der Waals surface area contributed by atoms with E-state index >= 15 is 0 Å². The highest BCUT2D eigenvalue weighted by Gasteiger charge is 2.45. The third kappa shape index (κ3) is 4.42. The van der Waals surface area contributed by atoms with E-state index in [1.54, 1.807) is 29.0 Å². The van der Waals surface area contributed by atoms with Gasteiger partial charge in [-0.1, -0.05) is 66.7 Å². The molecule has 0 aliphatic heterocycles. The maximum Gasteiger partial charge on any atom is 0.511 e. The monoisotopic (exact) mass is 443 g/mol. The molecule has 4 aromatic rings. The molecule has 31 heavy (non-hydrogen) atoms. The summed E-state index contributed by atoms with van der Waals surface area (Å²) < 4.78 is 61.4. The maximum atomic E-state index is 12.5. The van der Waals surface area contributed by atoms with Gasteiger partial charge in [-0.3, -0.25) is 0 Å². The van der Waals surface area contributed by atoms with Crippen molar-refractivity contribution in [1.82, 2.24) is 14.7 Å². The van der Waals surface area contributed by atoms with Crippen molar-refractivity contribution in [2.45, 2.75) is 12.1 Å². The lowest BCUT2D eigenvalue weighted by atomic mass is 10.0. The van der Waals surface area contributed by atoms with Gasteiger partial charge >= 0.3 is 15.5 Å². The summed E-state index contributed by atoms with van der Waals surface area (Å²) in [5.41, 5.74) is -0.651. The van der Waals surface area contributed by atoms with Gasteiger partial charge in [0, 0.05) is 17.7 Å². The Morgan fingerprint density at radius 2 is 1.19 bits per heavy atom. The molecule has 158 valence electrons. The minimum atomic E-state index is -5.40. The molecule has 0 aliphatic carbocycles. The Labute approximate surface area is 176 Å². The first kappa shape index (κ1) is 21.0. The third-order valence-corrected chi connectivity index (χ3v) is 5.75. The van der Waals surface area contributed by atoms with Gasteiger partial charge in [0.15, 0.2) is 0 Å². The SMILES string of the molecule is O=S(=O)(NCc1ccc(-c2nc3ccccc3nc2-c2ccccc2)cc1)C(F)(F)F. The normalized spacial score (nSPS) is 12.2. The second-order valence-electron chi connectivity index (χ2n) is 6.74.